The van der Waals surface area contributed by atoms with Gasteiger partial charge in [0, 0.05) is 60.7 Å². The molecule has 214 valence electrons. The van der Waals surface area contributed by atoms with Crippen molar-refractivity contribution in [1.29, 1.82) is 0 Å². The molecule has 1 fully saturated rings. The second-order valence-electron chi connectivity index (χ2n) is 11.6. The van der Waals surface area contributed by atoms with Gasteiger partial charge in [-0.15, -0.1) is 0 Å². The van der Waals surface area contributed by atoms with Gasteiger partial charge >= 0.3 is 0 Å². The second kappa shape index (κ2) is 15.0. The van der Waals surface area contributed by atoms with Gasteiger partial charge in [0.05, 0.1) is 0 Å². The lowest BCUT2D eigenvalue weighted by molar-refractivity contribution is -0.734. The van der Waals surface area contributed by atoms with Gasteiger partial charge in [-0.3, -0.25) is 4.90 Å². The summed E-state index contributed by atoms with van der Waals surface area (Å²) >= 11 is 0. The van der Waals surface area contributed by atoms with Crippen LogP contribution in [0.5, 0.6) is 0 Å². The molecule has 1 saturated heterocycles. The number of hydrogen-bond acceptors (Lipinski definition) is 2. The number of piperazine rings is 1. The van der Waals surface area contributed by atoms with Crippen LogP contribution in [0.1, 0.15) is 75.0 Å². The molecule has 4 aromatic rings. The molecule has 3 aromatic carbocycles. The van der Waals surface area contributed by atoms with E-state index in [1.165, 1.54) is 80.3 Å². The molecule has 1 aromatic heterocycles. The van der Waals surface area contributed by atoms with Crippen LogP contribution in [0, 0.1) is 0 Å². The van der Waals surface area contributed by atoms with Crippen molar-refractivity contribution >= 4 is 5.69 Å². The average Bonchev–Trinajstić information content (AvgIpc) is 3.05. The Kier molecular flexibility index (Phi) is 10.6. The summed E-state index contributed by atoms with van der Waals surface area (Å²) in [5.41, 5.74) is 4.62. The van der Waals surface area contributed by atoms with E-state index in [9.17, 15) is 0 Å². The zero-order valence-electron chi connectivity index (χ0n) is 25.0. The topological polar surface area (TPSA) is 10.4 Å². The quantitative estimate of drug-likeness (QED) is 0.0899. The predicted molar refractivity (Wildman–Crippen MR) is 173 cm³/mol. The number of aromatic nitrogens is 1. The molecule has 0 aliphatic carbocycles. The summed E-state index contributed by atoms with van der Waals surface area (Å²) in [6.45, 7) is 8.07. The van der Waals surface area contributed by atoms with Crippen LogP contribution in [-0.2, 0) is 5.54 Å². The molecule has 0 saturated carbocycles. The van der Waals surface area contributed by atoms with Crippen molar-refractivity contribution in [2.45, 2.75) is 63.8 Å². The lowest BCUT2D eigenvalue weighted by Crippen LogP contribution is -2.58. The van der Waals surface area contributed by atoms with Crippen LogP contribution < -0.4 is 9.47 Å². The van der Waals surface area contributed by atoms with Crippen molar-refractivity contribution in [3.63, 3.8) is 0 Å². The summed E-state index contributed by atoms with van der Waals surface area (Å²) in [4.78, 5) is 5.23. The highest BCUT2D eigenvalue weighted by molar-refractivity contribution is 5.48. The highest BCUT2D eigenvalue weighted by atomic mass is 15.3. The van der Waals surface area contributed by atoms with E-state index in [0.29, 0.717) is 0 Å². The maximum absolute atomic E-state index is 2.67. The lowest BCUT2D eigenvalue weighted by atomic mass is 9.76. The largest absolute Gasteiger partial charge is 0.369 e. The molecule has 2 heterocycles. The third-order valence-electron chi connectivity index (χ3n) is 8.84. The summed E-state index contributed by atoms with van der Waals surface area (Å²) in [6.07, 6.45) is 15.7. The first-order valence-electron chi connectivity index (χ1n) is 16.0. The van der Waals surface area contributed by atoms with Crippen LogP contribution >= 0.6 is 0 Å². The van der Waals surface area contributed by atoms with E-state index in [0.717, 1.165) is 26.2 Å². The van der Waals surface area contributed by atoms with Gasteiger partial charge in [0.25, 0.3) is 0 Å². The van der Waals surface area contributed by atoms with Crippen LogP contribution in [0.2, 0.25) is 0 Å². The minimum atomic E-state index is -0.461. The number of hydrogen-bond donors (Lipinski definition) is 0. The molecule has 0 bridgehead atoms. The molecule has 3 nitrogen and oxygen atoms in total. The number of benzene rings is 3. The number of rotatable bonds is 14. The van der Waals surface area contributed by atoms with Crippen molar-refractivity contribution in [2.75, 3.05) is 37.6 Å². The van der Waals surface area contributed by atoms with Crippen LogP contribution in [0.4, 0.5) is 5.69 Å². The first kappa shape index (κ1) is 29.1. The van der Waals surface area contributed by atoms with Crippen LogP contribution in [-0.4, -0.2) is 37.6 Å². The first-order chi connectivity index (χ1) is 20.3. The number of unbranched alkanes of at least 4 members (excludes halogenated alkanes) is 7. The van der Waals surface area contributed by atoms with Crippen molar-refractivity contribution in [3.05, 3.63) is 132 Å². The van der Waals surface area contributed by atoms with E-state index in [-0.39, 0.29) is 0 Å². The van der Waals surface area contributed by atoms with Crippen molar-refractivity contribution < 1.29 is 4.57 Å². The normalized spacial score (nSPS) is 14.3. The van der Waals surface area contributed by atoms with Crippen molar-refractivity contribution in [2.24, 2.45) is 0 Å². The number of nitrogens with zero attached hydrogens (tertiary/aromatic N) is 3. The van der Waals surface area contributed by atoms with Gasteiger partial charge in [0.1, 0.15) is 0 Å². The molecule has 0 N–H and O–H groups in total. The number of anilines is 1. The second-order valence-corrected chi connectivity index (χ2v) is 11.6. The molecule has 0 unspecified atom stereocenters. The smallest absolute Gasteiger partial charge is 0.243 e. The third kappa shape index (κ3) is 7.08. The van der Waals surface area contributed by atoms with E-state index in [2.05, 4.69) is 137 Å². The summed E-state index contributed by atoms with van der Waals surface area (Å²) in [6, 6.07) is 37.4. The van der Waals surface area contributed by atoms with Gasteiger partial charge in [-0.25, -0.2) is 0 Å². The zero-order chi connectivity index (χ0) is 28.2. The summed E-state index contributed by atoms with van der Waals surface area (Å²) in [5, 5.41) is 0. The molecule has 0 atom stereocenters. The van der Waals surface area contributed by atoms with E-state index in [1.54, 1.807) is 0 Å². The van der Waals surface area contributed by atoms with E-state index in [4.69, 9.17) is 0 Å². The van der Waals surface area contributed by atoms with E-state index >= 15 is 0 Å². The summed E-state index contributed by atoms with van der Waals surface area (Å²) in [7, 11) is 0. The fourth-order valence-electron chi connectivity index (χ4n) is 6.54. The molecule has 1 aliphatic rings. The molecular weight excluding hydrogens is 498 g/mol. The minimum absolute atomic E-state index is 0.461. The van der Waals surface area contributed by atoms with E-state index < -0.39 is 5.54 Å². The van der Waals surface area contributed by atoms with Crippen molar-refractivity contribution in [3.8, 4) is 0 Å². The molecule has 41 heavy (non-hydrogen) atoms. The lowest BCUT2D eigenvalue weighted by Gasteiger charge is -2.36. The minimum Gasteiger partial charge on any atom is -0.369 e. The Morgan fingerprint density at radius 2 is 0.976 bits per heavy atom. The van der Waals surface area contributed by atoms with Gasteiger partial charge in [-0.2, -0.15) is 4.57 Å². The molecule has 0 amide bonds. The molecule has 1 aliphatic heterocycles. The zero-order valence-corrected chi connectivity index (χ0v) is 25.0. The van der Waals surface area contributed by atoms with Crippen molar-refractivity contribution in [1.82, 2.24) is 4.90 Å². The van der Waals surface area contributed by atoms with Crippen LogP contribution in [0.15, 0.2) is 116 Å². The molecule has 5 rings (SSSR count). The van der Waals surface area contributed by atoms with Crippen LogP contribution in [0.25, 0.3) is 0 Å². The van der Waals surface area contributed by atoms with E-state index in [1.807, 2.05) is 0 Å². The Balaban J connectivity index is 1.28. The standard InChI is InChI=1S/C38H48N3/c1-2-3-4-5-6-7-8-18-27-39-30-32-40(33-31-39)37-25-28-41(29-26-37)38(34-19-12-9-13-20-34,35-21-14-10-15-22-35)36-23-16-11-17-24-36/h9-17,19-26,28-29H,2-8,18,27,30-33H2,1H3/q+1. The summed E-state index contributed by atoms with van der Waals surface area (Å²) in [5.74, 6) is 0. The fraction of sp³-hybridized carbons (Fsp3) is 0.395. The Hall–Kier alpha value is -3.43. The maximum atomic E-state index is 2.67. The highest BCUT2D eigenvalue weighted by Gasteiger charge is 2.45. The van der Waals surface area contributed by atoms with Crippen LogP contribution in [0.3, 0.4) is 0 Å². The van der Waals surface area contributed by atoms with Gasteiger partial charge in [0.15, 0.2) is 12.4 Å². The van der Waals surface area contributed by atoms with Gasteiger partial charge in [-0.1, -0.05) is 143 Å². The Morgan fingerprint density at radius 3 is 1.44 bits per heavy atom. The Labute approximate surface area is 248 Å². The maximum Gasteiger partial charge on any atom is 0.243 e. The molecule has 3 heteroatoms. The monoisotopic (exact) mass is 546 g/mol. The summed E-state index contributed by atoms with van der Waals surface area (Å²) < 4.78 is 2.40. The fourth-order valence-corrected chi connectivity index (χ4v) is 6.54. The molecular formula is C38H48N3+. The average molecular weight is 547 g/mol. The van der Waals surface area contributed by atoms with Gasteiger partial charge in [-0.05, 0) is 13.0 Å². The molecule has 0 radical (unpaired) electrons. The Morgan fingerprint density at radius 1 is 0.537 bits per heavy atom. The predicted octanol–water partition coefficient (Wildman–Crippen LogP) is 8.08. The highest BCUT2D eigenvalue weighted by Crippen LogP contribution is 2.36. The van der Waals surface area contributed by atoms with Gasteiger partial charge < -0.3 is 4.90 Å². The Bertz CT molecular complexity index is 1170. The third-order valence-corrected chi connectivity index (χ3v) is 8.84. The first-order valence-corrected chi connectivity index (χ1v) is 16.0. The van der Waals surface area contributed by atoms with Gasteiger partial charge in [0.2, 0.25) is 5.54 Å². The molecule has 0 spiro atoms. The SMILES string of the molecule is CCCCCCCCCCN1CCN(c2cc[n+](C(c3ccccc3)(c3ccccc3)c3ccccc3)cc2)CC1. The number of pyridine rings is 1.